The second-order valence-electron chi connectivity index (χ2n) is 3.54. The summed E-state index contributed by atoms with van der Waals surface area (Å²) in [6.07, 6.45) is 1.50. The summed E-state index contributed by atoms with van der Waals surface area (Å²) in [5, 5.41) is 11.5. The third kappa shape index (κ3) is 3.07. The standard InChI is InChI=1S/C12H15N3O/c1-2-5-10(14)12(16)15-11-7-4-3-6-9(11)8-13/h3-4,6-7,10H,2,5,14H2,1H3,(H,15,16)/t10-/m1/s1. The predicted octanol–water partition coefficient (Wildman–Crippen LogP) is 1.62. The highest BCUT2D eigenvalue weighted by atomic mass is 16.2. The third-order valence-electron chi connectivity index (χ3n) is 2.24. The Labute approximate surface area is 95.1 Å². The molecule has 0 saturated heterocycles. The van der Waals surface area contributed by atoms with Crippen molar-refractivity contribution in [2.45, 2.75) is 25.8 Å². The fraction of sp³-hybridized carbons (Fsp3) is 0.333. The van der Waals surface area contributed by atoms with Gasteiger partial charge in [-0.15, -0.1) is 0 Å². The largest absolute Gasteiger partial charge is 0.324 e. The Morgan fingerprint density at radius 3 is 2.88 bits per heavy atom. The molecule has 0 heterocycles. The van der Waals surface area contributed by atoms with Crippen molar-refractivity contribution >= 4 is 11.6 Å². The van der Waals surface area contributed by atoms with Gasteiger partial charge in [0.2, 0.25) is 5.91 Å². The van der Waals surface area contributed by atoms with Gasteiger partial charge in [-0.05, 0) is 18.6 Å². The smallest absolute Gasteiger partial charge is 0.241 e. The molecule has 16 heavy (non-hydrogen) atoms. The maximum absolute atomic E-state index is 11.6. The quantitative estimate of drug-likeness (QED) is 0.804. The summed E-state index contributed by atoms with van der Waals surface area (Å²) in [6.45, 7) is 1.97. The number of para-hydroxylation sites is 1. The monoisotopic (exact) mass is 217 g/mol. The molecule has 1 atom stereocenters. The van der Waals surface area contributed by atoms with Crippen molar-refractivity contribution in [1.82, 2.24) is 0 Å². The Hall–Kier alpha value is -1.86. The van der Waals surface area contributed by atoms with Crippen molar-refractivity contribution < 1.29 is 4.79 Å². The molecule has 0 aliphatic heterocycles. The second kappa shape index (κ2) is 5.89. The first-order valence-corrected chi connectivity index (χ1v) is 5.24. The highest BCUT2D eigenvalue weighted by Gasteiger charge is 2.13. The summed E-state index contributed by atoms with van der Waals surface area (Å²) >= 11 is 0. The first-order chi connectivity index (χ1) is 7.69. The van der Waals surface area contributed by atoms with Gasteiger partial charge < -0.3 is 11.1 Å². The molecular formula is C12H15N3O. The number of nitrogens with zero attached hydrogens (tertiary/aromatic N) is 1. The molecule has 0 fully saturated rings. The summed E-state index contributed by atoms with van der Waals surface area (Å²) in [6, 6.07) is 8.36. The summed E-state index contributed by atoms with van der Waals surface area (Å²) in [5.41, 5.74) is 6.63. The zero-order valence-corrected chi connectivity index (χ0v) is 9.23. The maximum Gasteiger partial charge on any atom is 0.241 e. The number of carbonyl (C=O) groups is 1. The average Bonchev–Trinajstić information content (AvgIpc) is 2.30. The van der Waals surface area contributed by atoms with Crippen LogP contribution in [0.4, 0.5) is 5.69 Å². The van der Waals surface area contributed by atoms with Crippen molar-refractivity contribution in [3.05, 3.63) is 29.8 Å². The number of rotatable bonds is 4. The Morgan fingerprint density at radius 1 is 1.56 bits per heavy atom. The van der Waals surface area contributed by atoms with Crippen LogP contribution in [0.3, 0.4) is 0 Å². The van der Waals surface area contributed by atoms with Crippen LogP contribution in [-0.2, 0) is 4.79 Å². The lowest BCUT2D eigenvalue weighted by atomic mass is 10.1. The van der Waals surface area contributed by atoms with Crippen LogP contribution in [0.25, 0.3) is 0 Å². The lowest BCUT2D eigenvalue weighted by molar-refractivity contribution is -0.117. The molecule has 1 rings (SSSR count). The molecular weight excluding hydrogens is 202 g/mol. The molecule has 0 aliphatic rings. The van der Waals surface area contributed by atoms with Gasteiger partial charge in [0.1, 0.15) is 6.07 Å². The summed E-state index contributed by atoms with van der Waals surface area (Å²) < 4.78 is 0. The molecule has 84 valence electrons. The fourth-order valence-corrected chi connectivity index (χ4v) is 1.36. The van der Waals surface area contributed by atoms with Crippen molar-refractivity contribution in [2.24, 2.45) is 5.73 Å². The number of anilines is 1. The van der Waals surface area contributed by atoms with E-state index in [0.717, 1.165) is 6.42 Å². The molecule has 0 saturated carbocycles. The van der Waals surface area contributed by atoms with Gasteiger partial charge >= 0.3 is 0 Å². The Bertz CT molecular complexity index is 409. The van der Waals surface area contributed by atoms with Crippen LogP contribution < -0.4 is 11.1 Å². The topological polar surface area (TPSA) is 78.9 Å². The van der Waals surface area contributed by atoms with Crippen LogP contribution in [0, 0.1) is 11.3 Å². The van der Waals surface area contributed by atoms with E-state index in [1.165, 1.54) is 0 Å². The van der Waals surface area contributed by atoms with Gasteiger partial charge in [0.25, 0.3) is 0 Å². The lowest BCUT2D eigenvalue weighted by Crippen LogP contribution is -2.35. The van der Waals surface area contributed by atoms with Gasteiger partial charge in [-0.2, -0.15) is 5.26 Å². The van der Waals surface area contributed by atoms with E-state index >= 15 is 0 Å². The highest BCUT2D eigenvalue weighted by Crippen LogP contribution is 2.13. The van der Waals surface area contributed by atoms with Gasteiger partial charge in [-0.1, -0.05) is 25.5 Å². The van der Waals surface area contributed by atoms with Gasteiger partial charge in [0, 0.05) is 0 Å². The van der Waals surface area contributed by atoms with Crippen LogP contribution >= 0.6 is 0 Å². The average molecular weight is 217 g/mol. The molecule has 0 bridgehead atoms. The Kier molecular flexibility index (Phi) is 4.49. The van der Waals surface area contributed by atoms with Crippen molar-refractivity contribution in [1.29, 1.82) is 5.26 Å². The third-order valence-corrected chi connectivity index (χ3v) is 2.24. The molecule has 0 unspecified atom stereocenters. The minimum Gasteiger partial charge on any atom is -0.324 e. The summed E-state index contributed by atoms with van der Waals surface area (Å²) in [4.78, 5) is 11.6. The minimum atomic E-state index is -0.517. The van der Waals surface area contributed by atoms with Gasteiger partial charge in [-0.25, -0.2) is 0 Å². The van der Waals surface area contributed by atoms with E-state index in [1.54, 1.807) is 24.3 Å². The summed E-state index contributed by atoms with van der Waals surface area (Å²) in [5.74, 6) is -0.246. The van der Waals surface area contributed by atoms with Crippen LogP contribution in [0.15, 0.2) is 24.3 Å². The number of hydrogen-bond acceptors (Lipinski definition) is 3. The van der Waals surface area contributed by atoms with Crippen LogP contribution in [0.5, 0.6) is 0 Å². The number of nitrogens with one attached hydrogen (secondary N) is 1. The molecule has 4 heteroatoms. The SMILES string of the molecule is CCC[C@@H](N)C(=O)Nc1ccccc1C#N. The van der Waals surface area contributed by atoms with Gasteiger partial charge in [0.15, 0.2) is 0 Å². The maximum atomic E-state index is 11.6. The zero-order chi connectivity index (χ0) is 12.0. The van der Waals surface area contributed by atoms with E-state index in [-0.39, 0.29) is 5.91 Å². The van der Waals surface area contributed by atoms with E-state index in [2.05, 4.69) is 5.32 Å². The first kappa shape index (κ1) is 12.2. The molecule has 1 amide bonds. The minimum absolute atomic E-state index is 0.246. The number of nitrogens with two attached hydrogens (primary N) is 1. The summed E-state index contributed by atoms with van der Waals surface area (Å²) in [7, 11) is 0. The van der Waals surface area contributed by atoms with Gasteiger partial charge in [-0.3, -0.25) is 4.79 Å². The predicted molar refractivity (Wildman–Crippen MR) is 62.7 cm³/mol. The van der Waals surface area contributed by atoms with E-state index in [4.69, 9.17) is 11.0 Å². The van der Waals surface area contributed by atoms with E-state index < -0.39 is 6.04 Å². The molecule has 0 spiro atoms. The van der Waals surface area contributed by atoms with Crippen molar-refractivity contribution in [3.63, 3.8) is 0 Å². The normalized spacial score (nSPS) is 11.6. The number of amides is 1. The molecule has 0 aromatic heterocycles. The lowest BCUT2D eigenvalue weighted by Gasteiger charge is -2.11. The molecule has 1 aromatic carbocycles. The van der Waals surface area contributed by atoms with Crippen LogP contribution in [-0.4, -0.2) is 11.9 Å². The van der Waals surface area contributed by atoms with E-state index in [1.807, 2.05) is 13.0 Å². The Balaban J connectivity index is 2.74. The molecule has 0 radical (unpaired) electrons. The number of nitriles is 1. The van der Waals surface area contributed by atoms with Crippen LogP contribution in [0.1, 0.15) is 25.3 Å². The number of carbonyl (C=O) groups excluding carboxylic acids is 1. The highest BCUT2D eigenvalue weighted by molar-refractivity contribution is 5.95. The molecule has 4 nitrogen and oxygen atoms in total. The van der Waals surface area contributed by atoms with E-state index in [0.29, 0.717) is 17.7 Å². The molecule has 3 N–H and O–H groups in total. The zero-order valence-electron chi connectivity index (χ0n) is 9.23. The molecule has 1 aromatic rings. The number of benzene rings is 1. The van der Waals surface area contributed by atoms with Crippen molar-refractivity contribution in [2.75, 3.05) is 5.32 Å². The van der Waals surface area contributed by atoms with Gasteiger partial charge in [0.05, 0.1) is 17.3 Å². The second-order valence-corrected chi connectivity index (χ2v) is 3.54. The molecule has 0 aliphatic carbocycles. The van der Waals surface area contributed by atoms with Crippen LogP contribution in [0.2, 0.25) is 0 Å². The first-order valence-electron chi connectivity index (χ1n) is 5.24. The van der Waals surface area contributed by atoms with Crippen molar-refractivity contribution in [3.8, 4) is 6.07 Å². The van der Waals surface area contributed by atoms with E-state index in [9.17, 15) is 4.79 Å². The number of hydrogen-bond donors (Lipinski definition) is 2. The fourth-order valence-electron chi connectivity index (χ4n) is 1.36. The Morgan fingerprint density at radius 2 is 2.25 bits per heavy atom.